The molecule has 0 saturated carbocycles. The topological polar surface area (TPSA) is 108 Å². The Morgan fingerprint density at radius 3 is 1.33 bits per heavy atom. The third-order valence-corrected chi connectivity index (χ3v) is 9.62. The van der Waals surface area contributed by atoms with Crippen LogP contribution in [0.1, 0.15) is 181 Å². The van der Waals surface area contributed by atoms with Gasteiger partial charge in [-0.1, -0.05) is 155 Å². The maximum atomic E-state index is 12.6. The van der Waals surface area contributed by atoms with Crippen molar-refractivity contribution in [1.82, 2.24) is 0 Å². The lowest BCUT2D eigenvalue weighted by Gasteiger charge is -2.24. The van der Waals surface area contributed by atoms with E-state index in [4.69, 9.17) is 18.5 Å². The van der Waals surface area contributed by atoms with Crippen molar-refractivity contribution in [3.8, 4) is 0 Å². The summed E-state index contributed by atoms with van der Waals surface area (Å²) >= 11 is 0. The van der Waals surface area contributed by atoms with Crippen molar-refractivity contribution in [1.29, 1.82) is 0 Å². The Morgan fingerprint density at radius 1 is 0.562 bits per heavy atom. The zero-order valence-electron chi connectivity index (χ0n) is 32.0. The molecule has 0 amide bonds. The number of hydrogen-bond acceptors (Lipinski definition) is 7. The van der Waals surface area contributed by atoms with Gasteiger partial charge in [-0.3, -0.25) is 18.6 Å². The van der Waals surface area contributed by atoms with E-state index in [2.05, 4.69) is 13.8 Å². The fourth-order valence-corrected chi connectivity index (χ4v) is 6.23. The molecule has 2 atom stereocenters. The van der Waals surface area contributed by atoms with E-state index in [-0.39, 0.29) is 25.6 Å². The Labute approximate surface area is 295 Å². The normalized spacial score (nSPS) is 13.7. The van der Waals surface area contributed by atoms with E-state index in [1.165, 1.54) is 116 Å². The number of hydrogen-bond donors (Lipinski definition) is 1. The van der Waals surface area contributed by atoms with E-state index < -0.39 is 26.5 Å². The predicted octanol–water partition coefficient (Wildman–Crippen LogP) is 10.5. The fourth-order valence-electron chi connectivity index (χ4n) is 5.48. The molecule has 0 spiro atoms. The van der Waals surface area contributed by atoms with Crippen LogP contribution in [0.3, 0.4) is 0 Å². The van der Waals surface area contributed by atoms with E-state index >= 15 is 0 Å². The summed E-state index contributed by atoms with van der Waals surface area (Å²) in [7, 11) is 1.49. The Bertz CT molecular complexity index is 804. The van der Waals surface area contributed by atoms with Gasteiger partial charge in [0.15, 0.2) is 6.10 Å². The minimum absolute atomic E-state index is 0.0363. The lowest BCUT2D eigenvalue weighted by molar-refractivity contribution is -0.870. The van der Waals surface area contributed by atoms with Crippen molar-refractivity contribution in [3.63, 3.8) is 0 Å². The second-order valence-electron chi connectivity index (χ2n) is 14.7. The van der Waals surface area contributed by atoms with Crippen molar-refractivity contribution in [2.24, 2.45) is 0 Å². The molecular weight excluding hydrogens is 629 g/mol. The maximum Gasteiger partial charge on any atom is 0.472 e. The fraction of sp³-hybridized carbons (Fsp3) is 0.947. The van der Waals surface area contributed by atoms with Crippen LogP contribution in [0.4, 0.5) is 0 Å². The molecular formula is C38H77NO8P+. The summed E-state index contributed by atoms with van der Waals surface area (Å²) in [5.41, 5.74) is 0. The molecule has 0 heterocycles. The molecule has 0 fully saturated rings. The van der Waals surface area contributed by atoms with Gasteiger partial charge in [-0.25, -0.2) is 4.57 Å². The van der Waals surface area contributed by atoms with Gasteiger partial charge in [0.05, 0.1) is 27.7 Å². The number of carbonyl (C=O) groups is 2. The molecule has 9 nitrogen and oxygen atoms in total. The molecule has 0 aromatic rings. The van der Waals surface area contributed by atoms with Gasteiger partial charge in [-0.15, -0.1) is 0 Å². The number of likely N-dealkylation sites (N-methyl/N-ethyl adjacent to an activating group) is 1. The van der Waals surface area contributed by atoms with Gasteiger partial charge in [-0.05, 0) is 12.8 Å². The molecule has 286 valence electrons. The number of nitrogens with zero attached hydrogens (tertiary/aromatic N) is 1. The van der Waals surface area contributed by atoms with Crippen LogP contribution >= 0.6 is 7.82 Å². The highest BCUT2D eigenvalue weighted by molar-refractivity contribution is 7.47. The molecule has 0 radical (unpaired) electrons. The standard InChI is InChI=1S/C38H76NO8P/c1-6-8-10-12-14-16-17-18-19-20-21-23-24-26-28-30-37(40)44-34-36(35-46-48(42,43)45-33-32-39(3,4)5)47-38(41)31-29-27-25-22-15-13-11-9-7-2/h36H,6-35H2,1-5H3/p+1/t36-/m1/s1. The lowest BCUT2D eigenvalue weighted by atomic mass is 10.0. The number of carbonyl (C=O) groups excluding carboxylic acids is 2. The third kappa shape index (κ3) is 34.9. The zero-order chi connectivity index (χ0) is 35.8. The predicted molar refractivity (Wildman–Crippen MR) is 197 cm³/mol. The molecule has 0 aromatic heterocycles. The Balaban J connectivity index is 4.33. The summed E-state index contributed by atoms with van der Waals surface area (Å²) in [6.45, 7) is 4.41. The molecule has 1 N–H and O–H groups in total. The highest BCUT2D eigenvalue weighted by Crippen LogP contribution is 2.43. The summed E-state index contributed by atoms with van der Waals surface area (Å²) in [5.74, 6) is -0.792. The first-order valence-corrected chi connectivity index (χ1v) is 21.3. The smallest absolute Gasteiger partial charge is 0.462 e. The van der Waals surface area contributed by atoms with Crippen LogP contribution in [-0.4, -0.2) is 74.9 Å². The van der Waals surface area contributed by atoms with Crippen LogP contribution in [0.25, 0.3) is 0 Å². The first-order valence-electron chi connectivity index (χ1n) is 19.8. The Hall–Kier alpha value is -0.990. The number of ether oxygens (including phenoxy) is 2. The molecule has 0 bridgehead atoms. The van der Waals surface area contributed by atoms with Crippen LogP contribution < -0.4 is 0 Å². The first-order chi connectivity index (χ1) is 23.0. The largest absolute Gasteiger partial charge is 0.472 e. The van der Waals surface area contributed by atoms with Crippen LogP contribution in [0.15, 0.2) is 0 Å². The number of quaternary nitrogens is 1. The molecule has 0 aliphatic heterocycles. The van der Waals surface area contributed by atoms with Gasteiger partial charge >= 0.3 is 19.8 Å². The highest BCUT2D eigenvalue weighted by Gasteiger charge is 2.27. The van der Waals surface area contributed by atoms with Gasteiger partial charge in [0.1, 0.15) is 19.8 Å². The molecule has 48 heavy (non-hydrogen) atoms. The summed E-state index contributed by atoms with van der Waals surface area (Å²) in [6, 6.07) is 0. The molecule has 0 aromatic carbocycles. The van der Waals surface area contributed by atoms with Gasteiger partial charge < -0.3 is 18.9 Å². The van der Waals surface area contributed by atoms with Crippen LogP contribution in [0, 0.1) is 0 Å². The quantitative estimate of drug-likeness (QED) is 0.0297. The summed E-state index contributed by atoms with van der Waals surface area (Å²) < 4.78 is 34.1. The zero-order valence-corrected chi connectivity index (χ0v) is 32.9. The van der Waals surface area contributed by atoms with Crippen molar-refractivity contribution in [3.05, 3.63) is 0 Å². The molecule has 10 heteroatoms. The molecule has 1 unspecified atom stereocenters. The highest BCUT2D eigenvalue weighted by atomic mass is 31.2. The number of phosphoric acid groups is 1. The average Bonchev–Trinajstić information content (AvgIpc) is 3.02. The van der Waals surface area contributed by atoms with E-state index in [1.807, 2.05) is 21.1 Å². The maximum absolute atomic E-state index is 12.6. The number of rotatable bonds is 36. The van der Waals surface area contributed by atoms with Crippen molar-refractivity contribution < 1.29 is 42.1 Å². The van der Waals surface area contributed by atoms with Gasteiger partial charge in [0.25, 0.3) is 0 Å². The molecule has 0 aliphatic carbocycles. The lowest BCUT2D eigenvalue weighted by Crippen LogP contribution is -2.37. The second kappa shape index (κ2) is 32.0. The van der Waals surface area contributed by atoms with E-state index in [0.29, 0.717) is 23.9 Å². The summed E-state index contributed by atoms with van der Waals surface area (Å²) in [6.07, 6.45) is 28.6. The second-order valence-corrected chi connectivity index (χ2v) is 16.1. The van der Waals surface area contributed by atoms with Crippen molar-refractivity contribution >= 4 is 19.8 Å². The number of esters is 2. The third-order valence-electron chi connectivity index (χ3n) is 8.64. The summed E-state index contributed by atoms with van der Waals surface area (Å²) in [5, 5.41) is 0. The van der Waals surface area contributed by atoms with Gasteiger partial charge in [-0.2, -0.15) is 0 Å². The summed E-state index contributed by atoms with van der Waals surface area (Å²) in [4.78, 5) is 35.1. The monoisotopic (exact) mass is 707 g/mol. The Kier molecular flexibility index (Phi) is 31.3. The average molecular weight is 707 g/mol. The number of unbranched alkanes of at least 4 members (excludes halogenated alkanes) is 22. The van der Waals surface area contributed by atoms with Crippen LogP contribution in [0.5, 0.6) is 0 Å². The minimum atomic E-state index is -4.36. The first kappa shape index (κ1) is 47.0. The molecule has 0 rings (SSSR count). The van der Waals surface area contributed by atoms with Crippen molar-refractivity contribution in [2.75, 3.05) is 47.5 Å². The molecule has 0 saturated heterocycles. The van der Waals surface area contributed by atoms with E-state index in [0.717, 1.165) is 32.1 Å². The SMILES string of the molecule is CCCCCCCCCCCCCCCCCC(=O)OC[C@H](COP(=O)(O)OCC[N+](C)(C)C)OC(=O)CCCCCCCCCCC. The van der Waals surface area contributed by atoms with Crippen molar-refractivity contribution in [2.45, 2.75) is 187 Å². The Morgan fingerprint density at radius 2 is 0.938 bits per heavy atom. The number of phosphoric ester groups is 1. The van der Waals surface area contributed by atoms with E-state index in [1.54, 1.807) is 0 Å². The van der Waals surface area contributed by atoms with Crippen LogP contribution in [0.2, 0.25) is 0 Å². The van der Waals surface area contributed by atoms with Gasteiger partial charge in [0, 0.05) is 12.8 Å². The van der Waals surface area contributed by atoms with Gasteiger partial charge in [0.2, 0.25) is 0 Å². The van der Waals surface area contributed by atoms with Crippen LogP contribution in [-0.2, 0) is 32.7 Å². The molecule has 0 aliphatic rings. The van der Waals surface area contributed by atoms with E-state index in [9.17, 15) is 19.0 Å². The minimum Gasteiger partial charge on any atom is -0.462 e.